The maximum absolute atomic E-state index is 13.7. The van der Waals surface area contributed by atoms with Crippen molar-refractivity contribution in [1.29, 1.82) is 0 Å². The van der Waals surface area contributed by atoms with Crippen molar-refractivity contribution in [1.82, 2.24) is 4.90 Å². The van der Waals surface area contributed by atoms with Crippen LogP contribution in [0.25, 0.3) is 0 Å². The highest BCUT2D eigenvalue weighted by Crippen LogP contribution is 2.72. The van der Waals surface area contributed by atoms with Gasteiger partial charge in [0, 0.05) is 31.0 Å². The topological polar surface area (TPSA) is 77.8 Å². The lowest BCUT2D eigenvalue weighted by Crippen LogP contribution is -2.60. The number of Topliss-reactive ketones (excluding diaryl/α,β-unsaturated/α-hetero) is 1. The average Bonchev–Trinajstić information content (AvgIpc) is 3.35. The molecule has 2 N–H and O–H groups in total. The van der Waals surface area contributed by atoms with E-state index in [1.165, 1.54) is 12.1 Å². The van der Waals surface area contributed by atoms with E-state index in [9.17, 15) is 33.0 Å². The normalized spacial score (nSPS) is 41.5. The first-order chi connectivity index (χ1) is 18.3. The van der Waals surface area contributed by atoms with E-state index in [1.54, 1.807) is 12.2 Å². The summed E-state index contributed by atoms with van der Waals surface area (Å²) in [5.74, 6) is 0.153. The van der Waals surface area contributed by atoms with E-state index in [1.807, 2.05) is 6.08 Å². The second kappa shape index (κ2) is 8.85. The molecule has 1 aliphatic heterocycles. The Labute approximate surface area is 226 Å². The third kappa shape index (κ3) is 3.77. The molecule has 4 fully saturated rings. The van der Waals surface area contributed by atoms with Crippen LogP contribution in [0, 0.1) is 39.9 Å². The zero-order valence-corrected chi connectivity index (χ0v) is 22.4. The van der Waals surface area contributed by atoms with Crippen LogP contribution in [0.3, 0.4) is 0 Å². The van der Waals surface area contributed by atoms with E-state index >= 15 is 0 Å². The molecule has 210 valence electrons. The van der Waals surface area contributed by atoms with Crippen molar-refractivity contribution in [3.63, 3.8) is 0 Å². The number of likely N-dealkylation sites (tertiary alicyclic amines) is 1. The molecule has 6 rings (SSSR count). The van der Waals surface area contributed by atoms with Gasteiger partial charge in [0.05, 0.1) is 17.1 Å². The van der Waals surface area contributed by atoms with Crippen LogP contribution in [0.2, 0.25) is 0 Å². The molecule has 0 radical (unpaired) electrons. The maximum Gasteiger partial charge on any atom is 0.416 e. The van der Waals surface area contributed by atoms with E-state index in [-0.39, 0.29) is 35.2 Å². The number of nitrogens with zero attached hydrogens (tertiary/aromatic N) is 1. The third-order valence-electron chi connectivity index (χ3n) is 11.4. The van der Waals surface area contributed by atoms with Gasteiger partial charge in [-0.25, -0.2) is 0 Å². The van der Waals surface area contributed by atoms with Gasteiger partial charge in [-0.1, -0.05) is 37.6 Å². The summed E-state index contributed by atoms with van der Waals surface area (Å²) in [7, 11) is 0. The lowest BCUT2D eigenvalue weighted by molar-refractivity contribution is -0.159. The van der Waals surface area contributed by atoms with Gasteiger partial charge in [-0.2, -0.15) is 13.2 Å². The van der Waals surface area contributed by atoms with E-state index in [4.69, 9.17) is 0 Å². The summed E-state index contributed by atoms with van der Waals surface area (Å²) in [5, 5.41) is 21.9. The van der Waals surface area contributed by atoms with Gasteiger partial charge in [-0.15, -0.1) is 0 Å². The molecule has 1 saturated heterocycles. The van der Waals surface area contributed by atoms with Crippen molar-refractivity contribution >= 4 is 11.6 Å². The fourth-order valence-corrected chi connectivity index (χ4v) is 9.82. The quantitative estimate of drug-likeness (QED) is 0.582. The summed E-state index contributed by atoms with van der Waals surface area (Å²) < 4.78 is 39.1. The van der Waals surface area contributed by atoms with Gasteiger partial charge in [-0.3, -0.25) is 14.5 Å². The number of ketones is 2. The fraction of sp³-hybridized carbons (Fsp3) is 0.613. The Hall–Kier alpha value is -2.29. The van der Waals surface area contributed by atoms with Gasteiger partial charge in [0.25, 0.3) is 0 Å². The van der Waals surface area contributed by atoms with Crippen LogP contribution in [-0.2, 0) is 22.3 Å². The Balaban J connectivity index is 1.30. The second-order valence-corrected chi connectivity index (χ2v) is 13.1. The number of aliphatic hydroxyl groups excluding tert-OH is 2. The maximum atomic E-state index is 13.7. The van der Waals surface area contributed by atoms with E-state index < -0.39 is 40.7 Å². The van der Waals surface area contributed by atoms with E-state index in [0.717, 1.165) is 42.5 Å². The van der Waals surface area contributed by atoms with Crippen LogP contribution in [-0.4, -0.2) is 52.5 Å². The number of carbonyl (C=O) groups excluding carboxylic acids is 2. The number of benzene rings is 1. The monoisotopic (exact) mass is 543 g/mol. The zero-order chi connectivity index (χ0) is 28.0. The summed E-state index contributed by atoms with van der Waals surface area (Å²) in [5.41, 5.74) is -0.579. The van der Waals surface area contributed by atoms with Crippen molar-refractivity contribution in [2.75, 3.05) is 19.7 Å². The summed E-state index contributed by atoms with van der Waals surface area (Å²) in [6.07, 6.45) is 3.19. The van der Waals surface area contributed by atoms with E-state index in [2.05, 4.69) is 18.7 Å². The number of halogens is 3. The molecular weight excluding hydrogens is 507 g/mol. The van der Waals surface area contributed by atoms with Gasteiger partial charge in [0.1, 0.15) is 6.61 Å². The van der Waals surface area contributed by atoms with Gasteiger partial charge < -0.3 is 10.2 Å². The van der Waals surface area contributed by atoms with Gasteiger partial charge in [0.15, 0.2) is 11.6 Å². The third-order valence-corrected chi connectivity index (χ3v) is 11.4. The number of fused-ring (bicyclic) bond motifs is 7. The molecule has 1 aromatic rings. The molecule has 8 heteroatoms. The molecule has 5 aliphatic rings. The van der Waals surface area contributed by atoms with Crippen LogP contribution in [0.4, 0.5) is 13.2 Å². The zero-order valence-electron chi connectivity index (χ0n) is 22.4. The first-order valence-electron chi connectivity index (χ1n) is 14.0. The van der Waals surface area contributed by atoms with Crippen LogP contribution in [0.5, 0.6) is 0 Å². The SMILES string of the molecule is CC12C=CC(=O)C=C1CCC1C2C(O)CC2(C)C1CC1CN(Cc3ccc(C(F)(F)F)cc3)CC12C(=O)CO. The summed E-state index contributed by atoms with van der Waals surface area (Å²) >= 11 is 0. The molecule has 39 heavy (non-hydrogen) atoms. The van der Waals surface area contributed by atoms with Crippen LogP contribution < -0.4 is 0 Å². The van der Waals surface area contributed by atoms with Gasteiger partial charge in [0.2, 0.25) is 0 Å². The predicted octanol–water partition coefficient (Wildman–Crippen LogP) is 4.57. The minimum absolute atomic E-state index is 0.000712. The standard InChI is InChI=1S/C31H36F3NO4/c1-28-10-9-22(37)11-20(28)7-8-23-24-12-21-15-35(14-18-3-5-19(6-4-18)31(32,33)34)17-30(21,26(39)16-36)29(24,2)13-25(38)27(23)28/h3-6,9-11,21,23-25,27,36,38H,7-8,12-17H2,1-2H3. The fourth-order valence-electron chi connectivity index (χ4n) is 9.82. The number of aliphatic hydroxyl groups is 2. The van der Waals surface area contributed by atoms with Crippen LogP contribution >= 0.6 is 0 Å². The Morgan fingerprint density at radius 3 is 2.56 bits per heavy atom. The lowest BCUT2D eigenvalue weighted by Gasteiger charge is -2.60. The van der Waals surface area contributed by atoms with Crippen molar-refractivity contribution in [3.8, 4) is 0 Å². The van der Waals surface area contributed by atoms with Gasteiger partial charge >= 0.3 is 6.18 Å². The number of carbonyl (C=O) groups is 2. The molecule has 0 amide bonds. The molecule has 0 spiro atoms. The van der Waals surface area contributed by atoms with Crippen molar-refractivity contribution in [2.24, 2.45) is 39.9 Å². The van der Waals surface area contributed by atoms with Crippen LogP contribution in [0.1, 0.15) is 50.7 Å². The number of rotatable bonds is 4. The Bertz CT molecular complexity index is 1260. The molecule has 8 unspecified atom stereocenters. The van der Waals surface area contributed by atoms with Crippen molar-refractivity contribution in [3.05, 3.63) is 59.2 Å². The number of alkyl halides is 3. The minimum atomic E-state index is -4.39. The number of hydrogen-bond donors (Lipinski definition) is 2. The largest absolute Gasteiger partial charge is 0.416 e. The Morgan fingerprint density at radius 1 is 1.18 bits per heavy atom. The summed E-state index contributed by atoms with van der Waals surface area (Å²) in [6.45, 7) is 5.16. The highest BCUT2D eigenvalue weighted by Gasteiger charge is 2.73. The predicted molar refractivity (Wildman–Crippen MR) is 138 cm³/mol. The first kappa shape index (κ1) is 26.9. The molecule has 4 aliphatic carbocycles. The first-order valence-corrected chi connectivity index (χ1v) is 14.0. The molecule has 5 nitrogen and oxygen atoms in total. The smallest absolute Gasteiger partial charge is 0.393 e. The summed E-state index contributed by atoms with van der Waals surface area (Å²) in [6, 6.07) is 5.17. The molecule has 1 heterocycles. The molecule has 8 atom stereocenters. The molecular formula is C31H36F3NO4. The highest BCUT2D eigenvalue weighted by molar-refractivity contribution is 6.01. The van der Waals surface area contributed by atoms with Crippen molar-refractivity contribution in [2.45, 2.75) is 58.4 Å². The molecule has 0 aromatic heterocycles. The highest BCUT2D eigenvalue weighted by atomic mass is 19.4. The number of hydrogen-bond acceptors (Lipinski definition) is 5. The lowest BCUT2D eigenvalue weighted by atomic mass is 9.44. The van der Waals surface area contributed by atoms with Crippen LogP contribution in [0.15, 0.2) is 48.1 Å². The second-order valence-electron chi connectivity index (χ2n) is 13.1. The molecule has 1 aromatic carbocycles. The van der Waals surface area contributed by atoms with Gasteiger partial charge in [-0.05, 0) is 78.7 Å². The molecule has 0 bridgehead atoms. The number of allylic oxidation sites excluding steroid dienone is 4. The summed E-state index contributed by atoms with van der Waals surface area (Å²) in [4.78, 5) is 27.9. The Morgan fingerprint density at radius 2 is 1.90 bits per heavy atom. The molecule has 3 saturated carbocycles. The Kier molecular flexibility index (Phi) is 6.11. The van der Waals surface area contributed by atoms with E-state index in [0.29, 0.717) is 26.1 Å². The average molecular weight is 544 g/mol. The minimum Gasteiger partial charge on any atom is -0.393 e. The van der Waals surface area contributed by atoms with Crippen molar-refractivity contribution < 1.29 is 33.0 Å².